The van der Waals surface area contributed by atoms with Gasteiger partial charge in [-0.2, -0.15) is 0 Å². The summed E-state index contributed by atoms with van der Waals surface area (Å²) in [4.78, 5) is 16.7. The summed E-state index contributed by atoms with van der Waals surface area (Å²) in [6.07, 6.45) is 2.63. The predicted molar refractivity (Wildman–Crippen MR) is 100 cm³/mol. The third-order valence-electron chi connectivity index (χ3n) is 4.23. The first-order valence-electron chi connectivity index (χ1n) is 8.59. The second-order valence-corrected chi connectivity index (χ2v) is 6.63. The van der Waals surface area contributed by atoms with Crippen LogP contribution in [0.4, 0.5) is 0 Å². The number of aliphatic hydroxyl groups is 2. The minimum atomic E-state index is -1.05. The molecule has 26 heavy (non-hydrogen) atoms. The number of aliphatic hydroxyl groups excluding tert-OH is 1. The smallest absolute Gasteiger partial charge is 0.251 e. The predicted octanol–water partition coefficient (Wildman–Crippen LogP) is 2.32. The monoisotopic (exact) mass is 358 g/mol. The molecular weight excluding hydrogens is 332 g/mol. The molecule has 0 spiro atoms. The van der Waals surface area contributed by atoms with Crippen LogP contribution < -0.4 is 10.1 Å². The molecule has 0 aliphatic carbocycles. The quantitative estimate of drug-likeness (QED) is 0.674. The molecule has 1 atom stereocenters. The van der Waals surface area contributed by atoms with Crippen LogP contribution in [-0.4, -0.2) is 47.0 Å². The lowest BCUT2D eigenvalue weighted by molar-refractivity contribution is 0.0415. The summed E-state index contributed by atoms with van der Waals surface area (Å²) in [5.74, 6) is 0.292. The van der Waals surface area contributed by atoms with Crippen LogP contribution in [0.25, 0.3) is 11.1 Å². The zero-order valence-corrected chi connectivity index (χ0v) is 15.5. The number of hydrogen-bond acceptors (Lipinski definition) is 5. The average Bonchev–Trinajstić information content (AvgIpc) is 2.64. The summed E-state index contributed by atoms with van der Waals surface area (Å²) in [6.45, 7) is 3.75. The van der Waals surface area contributed by atoms with Gasteiger partial charge in [0.1, 0.15) is 0 Å². The van der Waals surface area contributed by atoms with Crippen LogP contribution in [0.5, 0.6) is 5.88 Å². The Hall–Kier alpha value is -2.44. The van der Waals surface area contributed by atoms with Gasteiger partial charge in [-0.1, -0.05) is 12.1 Å². The van der Waals surface area contributed by atoms with Crippen LogP contribution in [0.3, 0.4) is 0 Å². The summed E-state index contributed by atoms with van der Waals surface area (Å²) in [5, 5.41) is 21.8. The molecular formula is C20H26N2O4. The first-order chi connectivity index (χ1) is 12.4. The van der Waals surface area contributed by atoms with E-state index >= 15 is 0 Å². The fourth-order valence-corrected chi connectivity index (χ4v) is 2.69. The average molecular weight is 358 g/mol. The van der Waals surface area contributed by atoms with E-state index in [4.69, 9.17) is 9.84 Å². The third-order valence-corrected chi connectivity index (χ3v) is 4.23. The van der Waals surface area contributed by atoms with Crippen molar-refractivity contribution in [2.75, 3.05) is 20.3 Å². The Kier molecular flexibility index (Phi) is 6.71. The summed E-state index contributed by atoms with van der Waals surface area (Å²) in [6, 6.07) is 9.12. The lowest BCUT2D eigenvalue weighted by atomic mass is 9.99. The molecule has 1 amide bonds. The third kappa shape index (κ3) is 5.28. The van der Waals surface area contributed by atoms with E-state index in [2.05, 4.69) is 10.3 Å². The number of carbonyl (C=O) groups is 1. The molecule has 6 nitrogen and oxygen atoms in total. The van der Waals surface area contributed by atoms with Gasteiger partial charge in [0, 0.05) is 36.5 Å². The lowest BCUT2D eigenvalue weighted by Crippen LogP contribution is -2.40. The van der Waals surface area contributed by atoms with Gasteiger partial charge in [-0.25, -0.2) is 4.98 Å². The fourth-order valence-electron chi connectivity index (χ4n) is 2.69. The number of ether oxygens (including phenoxy) is 1. The molecule has 1 aromatic heterocycles. The number of nitrogens with one attached hydrogen (secondary N) is 1. The van der Waals surface area contributed by atoms with Crippen molar-refractivity contribution in [1.82, 2.24) is 10.3 Å². The van der Waals surface area contributed by atoms with Crippen LogP contribution in [0.15, 0.2) is 36.5 Å². The highest BCUT2D eigenvalue weighted by molar-refractivity contribution is 5.95. The van der Waals surface area contributed by atoms with Crippen LogP contribution in [0, 0.1) is 6.92 Å². The van der Waals surface area contributed by atoms with Crippen LogP contribution in [0.2, 0.25) is 0 Å². The molecule has 0 aliphatic heterocycles. The molecule has 0 radical (unpaired) electrons. The van der Waals surface area contributed by atoms with Crippen LogP contribution >= 0.6 is 0 Å². The molecule has 0 fully saturated rings. The van der Waals surface area contributed by atoms with Crippen molar-refractivity contribution < 1.29 is 19.7 Å². The normalized spacial score (nSPS) is 13.1. The maximum Gasteiger partial charge on any atom is 0.251 e. The topological polar surface area (TPSA) is 91.7 Å². The number of aromatic nitrogens is 1. The number of benzene rings is 1. The van der Waals surface area contributed by atoms with Gasteiger partial charge in [-0.15, -0.1) is 0 Å². The van der Waals surface area contributed by atoms with E-state index in [0.29, 0.717) is 24.3 Å². The van der Waals surface area contributed by atoms with Gasteiger partial charge in [0.2, 0.25) is 5.88 Å². The number of pyridine rings is 1. The van der Waals surface area contributed by atoms with E-state index in [1.165, 1.54) is 0 Å². The molecule has 0 aliphatic rings. The van der Waals surface area contributed by atoms with Gasteiger partial charge in [-0.05, 0) is 49.9 Å². The Balaban J connectivity index is 2.12. The highest BCUT2D eigenvalue weighted by Crippen LogP contribution is 2.25. The Bertz CT molecular complexity index is 759. The van der Waals surface area contributed by atoms with Gasteiger partial charge < -0.3 is 20.3 Å². The van der Waals surface area contributed by atoms with Gasteiger partial charge in [0.25, 0.3) is 5.91 Å². The Morgan fingerprint density at radius 2 is 2.12 bits per heavy atom. The number of amides is 1. The molecule has 1 heterocycles. The van der Waals surface area contributed by atoms with Gasteiger partial charge in [-0.3, -0.25) is 4.79 Å². The van der Waals surface area contributed by atoms with Crippen molar-refractivity contribution in [1.29, 1.82) is 0 Å². The van der Waals surface area contributed by atoms with Gasteiger partial charge >= 0.3 is 0 Å². The molecule has 1 aromatic carbocycles. The minimum Gasteiger partial charge on any atom is -0.481 e. The summed E-state index contributed by atoms with van der Waals surface area (Å²) >= 11 is 0. The Morgan fingerprint density at radius 3 is 2.77 bits per heavy atom. The zero-order chi connectivity index (χ0) is 19.2. The number of carbonyl (C=O) groups excluding carboxylic acids is 1. The van der Waals surface area contributed by atoms with E-state index in [1.54, 1.807) is 32.4 Å². The van der Waals surface area contributed by atoms with Gasteiger partial charge in [0.05, 0.1) is 12.7 Å². The number of methoxy groups -OCH3 is 1. The second-order valence-electron chi connectivity index (χ2n) is 6.63. The van der Waals surface area contributed by atoms with Crippen molar-refractivity contribution in [3.05, 3.63) is 47.7 Å². The Labute approximate surface area is 153 Å². The summed E-state index contributed by atoms with van der Waals surface area (Å²) in [5.41, 5.74) is 2.27. The molecule has 2 aromatic rings. The number of aryl methyl sites for hydroxylation is 1. The Morgan fingerprint density at radius 1 is 1.35 bits per heavy atom. The van der Waals surface area contributed by atoms with Crippen molar-refractivity contribution in [2.45, 2.75) is 32.3 Å². The lowest BCUT2D eigenvalue weighted by Gasteiger charge is -2.23. The van der Waals surface area contributed by atoms with E-state index < -0.39 is 5.60 Å². The number of nitrogens with zero attached hydrogens (tertiary/aromatic N) is 1. The molecule has 0 saturated carbocycles. The molecule has 1 unspecified atom stereocenters. The van der Waals surface area contributed by atoms with E-state index in [9.17, 15) is 9.90 Å². The largest absolute Gasteiger partial charge is 0.481 e. The molecule has 140 valence electrons. The van der Waals surface area contributed by atoms with Crippen molar-refractivity contribution in [2.24, 2.45) is 0 Å². The second kappa shape index (κ2) is 8.78. The fraction of sp³-hybridized carbons (Fsp3) is 0.400. The first kappa shape index (κ1) is 19.9. The summed E-state index contributed by atoms with van der Waals surface area (Å²) < 4.78 is 5.13. The first-order valence-corrected chi connectivity index (χ1v) is 8.59. The van der Waals surface area contributed by atoms with E-state index in [0.717, 1.165) is 16.7 Å². The van der Waals surface area contributed by atoms with E-state index in [1.807, 2.05) is 25.1 Å². The number of rotatable bonds is 8. The van der Waals surface area contributed by atoms with Crippen molar-refractivity contribution in [3.63, 3.8) is 0 Å². The highest BCUT2D eigenvalue weighted by atomic mass is 16.5. The zero-order valence-electron chi connectivity index (χ0n) is 15.5. The maximum atomic E-state index is 12.4. The van der Waals surface area contributed by atoms with Crippen molar-refractivity contribution in [3.8, 4) is 17.0 Å². The molecule has 6 heteroatoms. The molecule has 3 N–H and O–H groups in total. The van der Waals surface area contributed by atoms with Crippen molar-refractivity contribution >= 4 is 5.91 Å². The minimum absolute atomic E-state index is 0.0153. The standard InChI is InChI=1S/C20H26N2O4/c1-14-10-18(26-3)21-12-17(14)15-6-4-7-16(11-15)19(24)22-13-20(2,25)8-5-9-23/h4,6-7,10-12,23,25H,5,8-9,13H2,1-3H3,(H,22,24). The number of hydrogen-bond donors (Lipinski definition) is 3. The SMILES string of the molecule is COc1cc(C)c(-c2cccc(C(=O)NCC(C)(O)CCCO)c2)cn1. The summed E-state index contributed by atoms with van der Waals surface area (Å²) in [7, 11) is 1.57. The molecule has 2 rings (SSSR count). The maximum absolute atomic E-state index is 12.4. The molecule has 0 bridgehead atoms. The molecule has 0 saturated heterocycles. The van der Waals surface area contributed by atoms with Crippen LogP contribution in [-0.2, 0) is 0 Å². The highest BCUT2D eigenvalue weighted by Gasteiger charge is 2.21. The van der Waals surface area contributed by atoms with Crippen LogP contribution in [0.1, 0.15) is 35.7 Å². The van der Waals surface area contributed by atoms with E-state index in [-0.39, 0.29) is 19.1 Å². The van der Waals surface area contributed by atoms with Gasteiger partial charge in [0.15, 0.2) is 0 Å².